The summed E-state index contributed by atoms with van der Waals surface area (Å²) in [7, 11) is 1.20. The fourth-order valence-corrected chi connectivity index (χ4v) is 4.26. The molecule has 11 heteroatoms. The number of methoxy groups -OCH3 is 1. The van der Waals surface area contributed by atoms with Gasteiger partial charge >= 0.3 is 17.8 Å². The second-order valence-electron chi connectivity index (χ2n) is 8.41. The van der Waals surface area contributed by atoms with Crippen LogP contribution in [0.1, 0.15) is 17.0 Å². The Labute approximate surface area is 212 Å². The number of anilines is 1. The lowest BCUT2D eigenvalue weighted by atomic mass is 9.98. The molecule has 3 N–H and O–H groups in total. The molecule has 0 unspecified atom stereocenters. The van der Waals surface area contributed by atoms with E-state index < -0.39 is 23.7 Å². The van der Waals surface area contributed by atoms with Gasteiger partial charge in [0.05, 0.1) is 7.11 Å². The summed E-state index contributed by atoms with van der Waals surface area (Å²) in [5, 5.41) is 2.61. The Bertz CT molecular complexity index is 1330. The SMILES string of the molecule is COC(=O)CN(CCNC(=O)OCC1c2ccccc2-c2ccccc21)C(=O)Cn1ccc(N)nc1=O. The molecule has 37 heavy (non-hydrogen) atoms. The summed E-state index contributed by atoms with van der Waals surface area (Å²) in [5.41, 5.74) is 9.22. The molecular formula is C26H27N5O6. The molecule has 0 saturated carbocycles. The van der Waals surface area contributed by atoms with Gasteiger partial charge in [-0.25, -0.2) is 9.59 Å². The topological polar surface area (TPSA) is 146 Å². The number of alkyl carbamates (subject to hydrolysis) is 1. The number of nitrogens with zero attached hydrogens (tertiary/aromatic N) is 3. The summed E-state index contributed by atoms with van der Waals surface area (Å²) in [4.78, 5) is 53.7. The number of carbonyl (C=O) groups excluding carboxylic acids is 3. The molecule has 4 rings (SSSR count). The molecule has 2 aromatic carbocycles. The first-order chi connectivity index (χ1) is 17.9. The van der Waals surface area contributed by atoms with Crippen LogP contribution >= 0.6 is 0 Å². The van der Waals surface area contributed by atoms with Crippen molar-refractivity contribution in [2.75, 3.05) is 39.1 Å². The molecule has 2 amide bonds. The smallest absolute Gasteiger partial charge is 0.407 e. The number of carbonyl (C=O) groups is 3. The summed E-state index contributed by atoms with van der Waals surface area (Å²) in [5.74, 6) is -1.22. The highest BCUT2D eigenvalue weighted by Gasteiger charge is 2.29. The van der Waals surface area contributed by atoms with Gasteiger partial charge < -0.3 is 25.4 Å². The fraction of sp³-hybridized carbons (Fsp3) is 0.269. The number of aromatic nitrogens is 2. The molecule has 0 atom stereocenters. The van der Waals surface area contributed by atoms with Crippen LogP contribution in [0.25, 0.3) is 11.1 Å². The third-order valence-corrected chi connectivity index (χ3v) is 6.10. The number of nitrogens with one attached hydrogen (secondary N) is 1. The van der Waals surface area contributed by atoms with Crippen LogP contribution in [0, 0.1) is 0 Å². The second kappa shape index (κ2) is 11.4. The van der Waals surface area contributed by atoms with Gasteiger partial charge in [0.25, 0.3) is 0 Å². The van der Waals surface area contributed by atoms with Crippen molar-refractivity contribution in [1.29, 1.82) is 0 Å². The third kappa shape index (κ3) is 5.95. The molecule has 1 aromatic heterocycles. The predicted molar refractivity (Wildman–Crippen MR) is 135 cm³/mol. The molecule has 0 radical (unpaired) electrons. The maximum atomic E-state index is 12.8. The number of nitrogen functional groups attached to an aromatic ring is 1. The number of rotatable bonds is 9. The largest absolute Gasteiger partial charge is 0.468 e. The number of hydrogen-bond donors (Lipinski definition) is 2. The van der Waals surface area contributed by atoms with Crippen molar-refractivity contribution in [2.24, 2.45) is 0 Å². The van der Waals surface area contributed by atoms with Crippen molar-refractivity contribution >= 4 is 23.8 Å². The monoisotopic (exact) mass is 505 g/mol. The highest BCUT2D eigenvalue weighted by molar-refractivity contribution is 5.82. The van der Waals surface area contributed by atoms with Gasteiger partial charge in [0.1, 0.15) is 25.5 Å². The number of hydrogen-bond acceptors (Lipinski definition) is 8. The minimum atomic E-state index is -0.692. The zero-order valence-electron chi connectivity index (χ0n) is 20.3. The van der Waals surface area contributed by atoms with Crippen LogP contribution in [0.5, 0.6) is 0 Å². The van der Waals surface area contributed by atoms with Crippen molar-refractivity contribution < 1.29 is 23.9 Å². The Hall–Kier alpha value is -4.67. The predicted octanol–water partition coefficient (Wildman–Crippen LogP) is 1.37. The minimum Gasteiger partial charge on any atom is -0.468 e. The number of esters is 1. The average molecular weight is 506 g/mol. The van der Waals surface area contributed by atoms with E-state index in [9.17, 15) is 19.2 Å². The van der Waals surface area contributed by atoms with Crippen LogP contribution in [0.2, 0.25) is 0 Å². The van der Waals surface area contributed by atoms with Crippen LogP contribution in [-0.4, -0.2) is 65.8 Å². The Morgan fingerprint density at radius 1 is 1.05 bits per heavy atom. The first-order valence-electron chi connectivity index (χ1n) is 11.6. The Morgan fingerprint density at radius 3 is 2.32 bits per heavy atom. The van der Waals surface area contributed by atoms with E-state index in [1.165, 1.54) is 24.3 Å². The van der Waals surface area contributed by atoms with Gasteiger partial charge in [-0.3, -0.25) is 14.2 Å². The standard InChI is InChI=1S/C26H27N5O6/c1-36-24(33)15-30(23(32)14-31-12-10-22(27)29-25(31)34)13-11-28-26(35)37-16-21-19-8-4-2-6-17(19)18-7-3-5-9-20(18)21/h2-10,12,21H,11,13-16H2,1H3,(H,28,35)(H2,27,29,34). The number of fused-ring (bicyclic) bond motifs is 3. The van der Waals surface area contributed by atoms with Crippen LogP contribution in [0.3, 0.4) is 0 Å². The maximum absolute atomic E-state index is 12.8. The van der Waals surface area contributed by atoms with Gasteiger partial charge in [-0.2, -0.15) is 4.98 Å². The van der Waals surface area contributed by atoms with Crippen molar-refractivity contribution in [3.63, 3.8) is 0 Å². The van der Waals surface area contributed by atoms with Gasteiger partial charge in [0.15, 0.2) is 0 Å². The molecule has 1 aliphatic carbocycles. The molecule has 3 aromatic rings. The fourth-order valence-electron chi connectivity index (χ4n) is 4.26. The molecule has 0 saturated heterocycles. The molecular weight excluding hydrogens is 478 g/mol. The summed E-state index contributed by atoms with van der Waals surface area (Å²) in [6.07, 6.45) is 0.694. The summed E-state index contributed by atoms with van der Waals surface area (Å²) in [6.45, 7) is -0.534. The van der Waals surface area contributed by atoms with E-state index in [2.05, 4.69) is 27.2 Å². The van der Waals surface area contributed by atoms with E-state index in [4.69, 9.17) is 10.5 Å². The molecule has 11 nitrogen and oxygen atoms in total. The molecule has 0 spiro atoms. The molecule has 192 valence electrons. The van der Waals surface area contributed by atoms with E-state index in [0.29, 0.717) is 0 Å². The zero-order chi connectivity index (χ0) is 26.4. The third-order valence-electron chi connectivity index (χ3n) is 6.10. The van der Waals surface area contributed by atoms with Crippen molar-refractivity contribution in [2.45, 2.75) is 12.5 Å². The zero-order valence-corrected chi connectivity index (χ0v) is 20.3. The van der Waals surface area contributed by atoms with E-state index >= 15 is 0 Å². The van der Waals surface area contributed by atoms with Gasteiger partial charge in [0.2, 0.25) is 5.91 Å². The van der Waals surface area contributed by atoms with Crippen LogP contribution in [-0.2, 0) is 25.6 Å². The van der Waals surface area contributed by atoms with Crippen molar-refractivity contribution in [1.82, 2.24) is 19.8 Å². The number of ether oxygens (including phenoxy) is 2. The summed E-state index contributed by atoms with van der Waals surface area (Å²) >= 11 is 0. The normalized spacial score (nSPS) is 11.8. The van der Waals surface area contributed by atoms with E-state index in [1.54, 1.807) is 0 Å². The Morgan fingerprint density at radius 2 is 1.70 bits per heavy atom. The van der Waals surface area contributed by atoms with Crippen LogP contribution in [0.4, 0.5) is 10.6 Å². The van der Waals surface area contributed by atoms with Crippen molar-refractivity contribution in [3.8, 4) is 11.1 Å². The van der Waals surface area contributed by atoms with E-state index in [1.807, 2.05) is 36.4 Å². The lowest BCUT2D eigenvalue weighted by molar-refractivity contribution is -0.147. The van der Waals surface area contributed by atoms with Gasteiger partial charge in [-0.05, 0) is 28.3 Å². The highest BCUT2D eigenvalue weighted by atomic mass is 16.5. The van der Waals surface area contributed by atoms with E-state index in [0.717, 1.165) is 26.8 Å². The van der Waals surface area contributed by atoms with Crippen LogP contribution < -0.4 is 16.7 Å². The molecule has 0 fully saturated rings. The minimum absolute atomic E-state index is 0.00468. The molecule has 1 heterocycles. The average Bonchev–Trinajstić information content (AvgIpc) is 3.22. The first kappa shape index (κ1) is 25.4. The van der Waals surface area contributed by atoms with Gasteiger partial charge in [0, 0.05) is 25.2 Å². The lowest BCUT2D eigenvalue weighted by Gasteiger charge is -2.22. The quantitative estimate of drug-likeness (QED) is 0.415. The van der Waals surface area contributed by atoms with Crippen LogP contribution in [0.15, 0.2) is 65.6 Å². The number of amides is 2. The summed E-state index contributed by atoms with van der Waals surface area (Å²) in [6, 6.07) is 17.4. The molecule has 0 bridgehead atoms. The molecule has 0 aliphatic heterocycles. The maximum Gasteiger partial charge on any atom is 0.407 e. The molecule has 1 aliphatic rings. The summed E-state index contributed by atoms with van der Waals surface area (Å²) < 4.78 is 11.2. The number of benzene rings is 2. The highest BCUT2D eigenvalue weighted by Crippen LogP contribution is 2.44. The van der Waals surface area contributed by atoms with Gasteiger partial charge in [-0.15, -0.1) is 0 Å². The number of nitrogens with two attached hydrogens (primary N) is 1. The Kier molecular flexibility index (Phi) is 7.82. The lowest BCUT2D eigenvalue weighted by Crippen LogP contribution is -2.44. The van der Waals surface area contributed by atoms with Gasteiger partial charge in [-0.1, -0.05) is 48.5 Å². The second-order valence-corrected chi connectivity index (χ2v) is 8.41. The first-order valence-corrected chi connectivity index (χ1v) is 11.6. The van der Waals surface area contributed by atoms with E-state index in [-0.39, 0.29) is 44.5 Å². The Balaban J connectivity index is 1.33. The van der Waals surface area contributed by atoms with Crippen molar-refractivity contribution in [3.05, 3.63) is 82.4 Å².